The lowest BCUT2D eigenvalue weighted by molar-refractivity contribution is 1.63. The van der Waals surface area contributed by atoms with Gasteiger partial charge in [-0.05, 0) is 5.56 Å². The van der Waals surface area contributed by atoms with Crippen LogP contribution in [0.25, 0.3) is 6.08 Å². The van der Waals surface area contributed by atoms with Crippen LogP contribution in [0.2, 0.25) is 13.1 Å². The molecule has 0 N–H and O–H groups in total. The Morgan fingerprint density at radius 2 is 2.00 bits per heavy atom. The van der Waals surface area contributed by atoms with Crippen LogP contribution in [-0.4, -0.2) is 7.28 Å². The van der Waals surface area contributed by atoms with Gasteiger partial charge in [0, 0.05) is 0 Å². The molecule has 0 atom stereocenters. The Morgan fingerprint density at radius 1 is 1.27 bits per heavy atom. The van der Waals surface area contributed by atoms with Crippen molar-refractivity contribution in [1.82, 2.24) is 0 Å². The second kappa shape index (κ2) is 4.78. The molecule has 56 valence electrons. The quantitative estimate of drug-likeness (QED) is 0.572. The first-order valence-electron chi connectivity index (χ1n) is 4.15. The van der Waals surface area contributed by atoms with E-state index in [1.54, 1.807) is 0 Å². The molecule has 0 nitrogen and oxygen atoms in total. The molecule has 0 saturated carbocycles. The highest BCUT2D eigenvalue weighted by atomic mass is 13.8. The minimum Gasteiger partial charge on any atom is -0.0915 e. The van der Waals surface area contributed by atoms with E-state index in [0.717, 1.165) is 0 Å². The SMILES string of the molecule is CBC/C=C/c1ccccc1. The molecule has 0 aliphatic carbocycles. The van der Waals surface area contributed by atoms with Crippen molar-refractivity contribution in [2.45, 2.75) is 13.1 Å². The van der Waals surface area contributed by atoms with Gasteiger partial charge in [0.15, 0.2) is 0 Å². The van der Waals surface area contributed by atoms with E-state index in [1.807, 2.05) is 6.07 Å². The van der Waals surface area contributed by atoms with Crippen molar-refractivity contribution < 1.29 is 0 Å². The van der Waals surface area contributed by atoms with E-state index >= 15 is 0 Å². The molecule has 0 amide bonds. The summed E-state index contributed by atoms with van der Waals surface area (Å²) < 4.78 is 0. The van der Waals surface area contributed by atoms with Gasteiger partial charge in [0.1, 0.15) is 7.28 Å². The number of hydrogen-bond donors (Lipinski definition) is 0. The fourth-order valence-electron chi connectivity index (χ4n) is 0.950. The number of rotatable bonds is 3. The Labute approximate surface area is 69.2 Å². The minimum atomic E-state index is 1.18. The fraction of sp³-hybridized carbons (Fsp3) is 0.200. The van der Waals surface area contributed by atoms with Crippen LogP contribution in [0.1, 0.15) is 5.56 Å². The standard InChI is InChI=1S/C10H13B/c1-11-9-5-8-10-6-3-2-4-7-10/h2-8,11H,9H2,1H3/b8-5+. The highest BCUT2D eigenvalue weighted by Gasteiger charge is 1.81. The average molecular weight is 144 g/mol. The van der Waals surface area contributed by atoms with Crippen LogP contribution in [0.15, 0.2) is 36.4 Å². The van der Waals surface area contributed by atoms with Gasteiger partial charge in [0.05, 0.1) is 0 Å². The van der Waals surface area contributed by atoms with Gasteiger partial charge in [-0.1, -0.05) is 55.6 Å². The van der Waals surface area contributed by atoms with Gasteiger partial charge in [-0.2, -0.15) is 0 Å². The molecule has 1 aromatic carbocycles. The zero-order valence-corrected chi connectivity index (χ0v) is 6.96. The van der Waals surface area contributed by atoms with Gasteiger partial charge in [0.25, 0.3) is 0 Å². The van der Waals surface area contributed by atoms with Crippen LogP contribution in [0.4, 0.5) is 0 Å². The summed E-state index contributed by atoms with van der Waals surface area (Å²) in [7, 11) is 1.23. The van der Waals surface area contributed by atoms with E-state index in [9.17, 15) is 0 Å². The molecular formula is C10H13B. The van der Waals surface area contributed by atoms with E-state index in [2.05, 4.69) is 43.2 Å². The van der Waals surface area contributed by atoms with Crippen molar-refractivity contribution in [3.8, 4) is 0 Å². The van der Waals surface area contributed by atoms with Gasteiger partial charge in [-0.3, -0.25) is 0 Å². The summed E-state index contributed by atoms with van der Waals surface area (Å²) in [4.78, 5) is 0. The molecule has 0 radical (unpaired) electrons. The molecule has 1 rings (SSSR count). The smallest absolute Gasteiger partial charge is 0.0915 e. The van der Waals surface area contributed by atoms with Gasteiger partial charge in [-0.25, -0.2) is 0 Å². The molecule has 0 aliphatic rings. The first-order chi connectivity index (χ1) is 5.43. The maximum Gasteiger partial charge on any atom is 0.121 e. The Bertz CT molecular complexity index is 214. The second-order valence-corrected chi connectivity index (χ2v) is 2.60. The lowest BCUT2D eigenvalue weighted by atomic mass is 9.78. The molecule has 0 aromatic heterocycles. The largest absolute Gasteiger partial charge is 0.121 e. The summed E-state index contributed by atoms with van der Waals surface area (Å²) in [6, 6.07) is 10.4. The van der Waals surface area contributed by atoms with Crippen molar-refractivity contribution in [3.05, 3.63) is 42.0 Å². The van der Waals surface area contributed by atoms with Gasteiger partial charge >= 0.3 is 0 Å². The average Bonchev–Trinajstić information content (AvgIpc) is 2.07. The number of allylic oxidation sites excluding steroid dienone is 1. The normalized spacial score (nSPS) is 10.3. The second-order valence-electron chi connectivity index (χ2n) is 2.60. The zero-order valence-electron chi connectivity index (χ0n) is 6.96. The molecule has 0 bridgehead atoms. The van der Waals surface area contributed by atoms with Crippen LogP contribution in [-0.2, 0) is 0 Å². The Kier molecular flexibility index (Phi) is 3.53. The third kappa shape index (κ3) is 3.08. The highest BCUT2D eigenvalue weighted by molar-refractivity contribution is 6.34. The van der Waals surface area contributed by atoms with Crippen molar-refractivity contribution in [3.63, 3.8) is 0 Å². The number of benzene rings is 1. The maximum atomic E-state index is 2.22. The van der Waals surface area contributed by atoms with Gasteiger partial charge in [-0.15, -0.1) is 0 Å². The Morgan fingerprint density at radius 3 is 2.64 bits per heavy atom. The number of hydrogen-bond acceptors (Lipinski definition) is 0. The van der Waals surface area contributed by atoms with E-state index in [0.29, 0.717) is 0 Å². The first-order valence-corrected chi connectivity index (χ1v) is 4.15. The summed E-state index contributed by atoms with van der Waals surface area (Å²) in [6.45, 7) is 2.19. The van der Waals surface area contributed by atoms with E-state index in [-0.39, 0.29) is 0 Å². The fourth-order valence-corrected chi connectivity index (χ4v) is 0.950. The minimum absolute atomic E-state index is 1.18. The van der Waals surface area contributed by atoms with Gasteiger partial charge < -0.3 is 0 Å². The Balaban J connectivity index is 2.50. The summed E-state index contributed by atoms with van der Waals surface area (Å²) in [5.41, 5.74) is 1.29. The first kappa shape index (κ1) is 8.12. The molecule has 0 spiro atoms. The molecule has 0 fully saturated rings. The molecule has 11 heavy (non-hydrogen) atoms. The summed E-state index contributed by atoms with van der Waals surface area (Å²) in [6.07, 6.45) is 5.56. The molecule has 0 heterocycles. The molecule has 1 heteroatoms. The zero-order chi connectivity index (χ0) is 7.94. The van der Waals surface area contributed by atoms with Crippen LogP contribution in [0.5, 0.6) is 0 Å². The topological polar surface area (TPSA) is 0 Å². The molecule has 0 saturated heterocycles. The predicted octanol–water partition coefficient (Wildman–Crippen LogP) is 2.60. The molecular weight excluding hydrogens is 131 g/mol. The van der Waals surface area contributed by atoms with Crippen LogP contribution in [0.3, 0.4) is 0 Å². The summed E-state index contributed by atoms with van der Waals surface area (Å²) in [5.74, 6) is 0. The van der Waals surface area contributed by atoms with Crippen molar-refractivity contribution in [1.29, 1.82) is 0 Å². The third-order valence-electron chi connectivity index (χ3n) is 1.57. The monoisotopic (exact) mass is 144 g/mol. The van der Waals surface area contributed by atoms with Crippen LogP contribution >= 0.6 is 0 Å². The van der Waals surface area contributed by atoms with Crippen LogP contribution < -0.4 is 0 Å². The van der Waals surface area contributed by atoms with E-state index < -0.39 is 0 Å². The predicted molar refractivity (Wildman–Crippen MR) is 53.3 cm³/mol. The van der Waals surface area contributed by atoms with Crippen molar-refractivity contribution in [2.24, 2.45) is 0 Å². The summed E-state index contributed by atoms with van der Waals surface area (Å²) in [5, 5.41) is 0. The van der Waals surface area contributed by atoms with Crippen LogP contribution in [0, 0.1) is 0 Å². The summed E-state index contributed by atoms with van der Waals surface area (Å²) >= 11 is 0. The van der Waals surface area contributed by atoms with Crippen molar-refractivity contribution >= 4 is 13.4 Å². The molecule has 0 aliphatic heterocycles. The van der Waals surface area contributed by atoms with E-state index in [4.69, 9.17) is 0 Å². The highest BCUT2D eigenvalue weighted by Crippen LogP contribution is 2.01. The van der Waals surface area contributed by atoms with Gasteiger partial charge in [0.2, 0.25) is 0 Å². The lowest BCUT2D eigenvalue weighted by Gasteiger charge is -1.89. The molecule has 0 unspecified atom stereocenters. The lowest BCUT2D eigenvalue weighted by Crippen LogP contribution is -1.74. The van der Waals surface area contributed by atoms with E-state index in [1.165, 1.54) is 19.2 Å². The van der Waals surface area contributed by atoms with Crippen molar-refractivity contribution in [2.75, 3.05) is 0 Å². The maximum absolute atomic E-state index is 2.22. The third-order valence-corrected chi connectivity index (χ3v) is 1.57. The molecule has 1 aromatic rings. The Hall–Kier alpha value is -0.975.